The van der Waals surface area contributed by atoms with E-state index in [1.807, 2.05) is 18.2 Å². The lowest BCUT2D eigenvalue weighted by Crippen LogP contribution is -2.38. The number of carbonyl (C=O) groups excluding carboxylic acids is 1. The van der Waals surface area contributed by atoms with Crippen LogP contribution in [0.3, 0.4) is 0 Å². The Morgan fingerprint density at radius 2 is 1.84 bits per heavy atom. The van der Waals surface area contributed by atoms with Crippen LogP contribution in [-0.4, -0.2) is 55.8 Å². The van der Waals surface area contributed by atoms with Crippen LogP contribution in [0.5, 0.6) is 0 Å². The van der Waals surface area contributed by atoms with E-state index in [-0.39, 0.29) is 39.5 Å². The van der Waals surface area contributed by atoms with E-state index in [1.54, 1.807) is 13.8 Å². The van der Waals surface area contributed by atoms with Crippen LogP contribution in [0.4, 0.5) is 0 Å². The Kier molecular flexibility index (Phi) is 7.42. The predicted octanol–water partition coefficient (Wildman–Crippen LogP) is 3.93. The molecule has 2 aromatic carbocycles. The zero-order valence-electron chi connectivity index (χ0n) is 18.4. The molecule has 0 bridgehead atoms. The van der Waals surface area contributed by atoms with Gasteiger partial charge in [0.05, 0.1) is 15.5 Å². The Labute approximate surface area is 190 Å². The van der Waals surface area contributed by atoms with Crippen LogP contribution in [0.2, 0.25) is 5.02 Å². The van der Waals surface area contributed by atoms with Gasteiger partial charge in [0.1, 0.15) is 0 Å². The molecule has 0 spiro atoms. The van der Waals surface area contributed by atoms with Crippen LogP contribution in [0.15, 0.2) is 53.4 Å². The summed E-state index contributed by atoms with van der Waals surface area (Å²) in [5.74, 6) is -0.353. The number of hydrogen-bond donors (Lipinski definition) is 1. The SMILES string of the molecule is CC(c1ccccc1)N1CCC(NC(=O)c2cc(S(=O)(=O)N(C)C(C)C)ccc2Cl)C1. The molecule has 1 amide bonds. The van der Waals surface area contributed by atoms with Gasteiger partial charge < -0.3 is 5.32 Å². The van der Waals surface area contributed by atoms with Crippen LogP contribution in [0.25, 0.3) is 0 Å². The largest absolute Gasteiger partial charge is 0.348 e. The molecule has 2 atom stereocenters. The van der Waals surface area contributed by atoms with Gasteiger partial charge in [-0.3, -0.25) is 9.69 Å². The normalized spacial score (nSPS) is 18.5. The fraction of sp³-hybridized carbons (Fsp3) is 0.435. The van der Waals surface area contributed by atoms with E-state index in [0.717, 1.165) is 19.5 Å². The molecule has 1 aliphatic rings. The molecule has 0 aliphatic carbocycles. The fourth-order valence-corrected chi connectivity index (χ4v) is 5.34. The first-order chi connectivity index (χ1) is 14.6. The van der Waals surface area contributed by atoms with Crippen LogP contribution >= 0.6 is 11.6 Å². The van der Waals surface area contributed by atoms with Gasteiger partial charge in [0, 0.05) is 38.3 Å². The van der Waals surface area contributed by atoms with Crippen LogP contribution in [-0.2, 0) is 10.0 Å². The quantitative estimate of drug-likeness (QED) is 0.675. The third-order valence-corrected chi connectivity index (χ3v) is 8.33. The Bertz CT molecular complexity index is 1030. The molecule has 6 nitrogen and oxygen atoms in total. The van der Waals surface area contributed by atoms with Crippen molar-refractivity contribution in [3.63, 3.8) is 0 Å². The average Bonchev–Trinajstić information content (AvgIpc) is 3.21. The molecule has 1 N–H and O–H groups in total. The van der Waals surface area contributed by atoms with E-state index in [4.69, 9.17) is 11.6 Å². The number of halogens is 1. The highest BCUT2D eigenvalue weighted by atomic mass is 35.5. The first-order valence-corrected chi connectivity index (χ1v) is 12.3. The highest BCUT2D eigenvalue weighted by molar-refractivity contribution is 7.89. The van der Waals surface area contributed by atoms with Gasteiger partial charge in [-0.15, -0.1) is 0 Å². The van der Waals surface area contributed by atoms with E-state index >= 15 is 0 Å². The van der Waals surface area contributed by atoms with Gasteiger partial charge in [-0.2, -0.15) is 4.31 Å². The molecule has 0 saturated carbocycles. The standard InChI is InChI=1S/C23H30ClN3O3S/c1-16(2)26(4)31(29,30)20-10-11-22(24)21(14-20)23(28)25-19-12-13-27(15-19)17(3)18-8-6-5-7-9-18/h5-11,14,16-17,19H,12-13,15H2,1-4H3,(H,25,28). The van der Waals surface area contributed by atoms with Crippen molar-refractivity contribution < 1.29 is 13.2 Å². The Morgan fingerprint density at radius 3 is 2.48 bits per heavy atom. The summed E-state index contributed by atoms with van der Waals surface area (Å²) in [6.45, 7) is 7.36. The third-order valence-electron chi connectivity index (χ3n) is 5.97. The summed E-state index contributed by atoms with van der Waals surface area (Å²) < 4.78 is 26.9. The minimum absolute atomic E-state index is 0.0201. The van der Waals surface area contributed by atoms with E-state index in [9.17, 15) is 13.2 Å². The van der Waals surface area contributed by atoms with Crippen LogP contribution in [0.1, 0.15) is 49.2 Å². The molecular weight excluding hydrogens is 434 g/mol. The van der Waals surface area contributed by atoms with Crippen molar-refractivity contribution in [2.75, 3.05) is 20.1 Å². The number of benzene rings is 2. The van der Waals surface area contributed by atoms with Crippen molar-refractivity contribution in [2.24, 2.45) is 0 Å². The summed E-state index contributed by atoms with van der Waals surface area (Å²) >= 11 is 6.25. The average molecular weight is 464 g/mol. The Hall–Kier alpha value is -1.93. The van der Waals surface area contributed by atoms with Gasteiger partial charge in [-0.05, 0) is 51.0 Å². The summed E-state index contributed by atoms with van der Waals surface area (Å²) in [5, 5.41) is 3.26. The fourth-order valence-electron chi connectivity index (χ4n) is 3.75. The van der Waals surface area contributed by atoms with E-state index in [1.165, 1.54) is 35.1 Å². The first-order valence-electron chi connectivity index (χ1n) is 10.5. The Balaban J connectivity index is 1.71. The second-order valence-corrected chi connectivity index (χ2v) is 10.7. The molecule has 1 fully saturated rings. The number of nitrogens with zero attached hydrogens (tertiary/aromatic N) is 2. The van der Waals surface area contributed by atoms with Crippen molar-refractivity contribution >= 4 is 27.5 Å². The summed E-state index contributed by atoms with van der Waals surface area (Å²) in [6, 6.07) is 14.6. The summed E-state index contributed by atoms with van der Waals surface area (Å²) in [7, 11) is -2.18. The molecule has 1 saturated heterocycles. The Morgan fingerprint density at radius 1 is 1.16 bits per heavy atom. The summed E-state index contributed by atoms with van der Waals surface area (Å²) in [5.41, 5.74) is 1.42. The number of nitrogens with one attached hydrogen (secondary N) is 1. The molecule has 2 aromatic rings. The number of carbonyl (C=O) groups is 1. The monoisotopic (exact) mass is 463 g/mol. The highest BCUT2D eigenvalue weighted by Crippen LogP contribution is 2.26. The van der Waals surface area contributed by atoms with Gasteiger partial charge in [0.15, 0.2) is 0 Å². The second-order valence-electron chi connectivity index (χ2n) is 8.30. The predicted molar refractivity (Wildman–Crippen MR) is 124 cm³/mol. The van der Waals surface area contributed by atoms with Crippen molar-refractivity contribution in [3.8, 4) is 0 Å². The lowest BCUT2D eigenvalue weighted by Gasteiger charge is -2.25. The molecule has 31 heavy (non-hydrogen) atoms. The first kappa shape index (κ1) is 23.7. The number of sulfonamides is 1. The van der Waals surface area contributed by atoms with Crippen LogP contribution in [0, 0.1) is 0 Å². The lowest BCUT2D eigenvalue weighted by molar-refractivity contribution is 0.0936. The molecule has 3 rings (SSSR count). The molecule has 2 unspecified atom stereocenters. The van der Waals surface area contributed by atoms with E-state index in [0.29, 0.717) is 0 Å². The zero-order valence-corrected chi connectivity index (χ0v) is 19.9. The highest BCUT2D eigenvalue weighted by Gasteiger charge is 2.29. The number of hydrogen-bond acceptors (Lipinski definition) is 4. The summed E-state index contributed by atoms with van der Waals surface area (Å²) in [6.07, 6.45) is 0.828. The van der Waals surface area contributed by atoms with E-state index in [2.05, 4.69) is 29.3 Å². The topological polar surface area (TPSA) is 69.7 Å². The minimum Gasteiger partial charge on any atom is -0.348 e. The van der Waals surface area contributed by atoms with Gasteiger partial charge in [-0.1, -0.05) is 41.9 Å². The van der Waals surface area contributed by atoms with Crippen LogP contribution < -0.4 is 5.32 Å². The van der Waals surface area contributed by atoms with Gasteiger partial charge >= 0.3 is 0 Å². The molecule has 0 aromatic heterocycles. The van der Waals surface area contributed by atoms with Crippen molar-refractivity contribution in [1.82, 2.24) is 14.5 Å². The van der Waals surface area contributed by atoms with Gasteiger partial charge in [0.25, 0.3) is 5.91 Å². The van der Waals surface area contributed by atoms with Crippen molar-refractivity contribution in [1.29, 1.82) is 0 Å². The second kappa shape index (κ2) is 9.69. The maximum Gasteiger partial charge on any atom is 0.253 e. The van der Waals surface area contributed by atoms with E-state index < -0.39 is 10.0 Å². The van der Waals surface area contributed by atoms with Crippen molar-refractivity contribution in [2.45, 2.75) is 50.2 Å². The van der Waals surface area contributed by atoms with Gasteiger partial charge in [-0.25, -0.2) is 8.42 Å². The molecule has 0 radical (unpaired) electrons. The smallest absolute Gasteiger partial charge is 0.253 e. The lowest BCUT2D eigenvalue weighted by atomic mass is 10.1. The molecule has 1 aliphatic heterocycles. The number of rotatable bonds is 7. The maximum absolute atomic E-state index is 12.9. The number of likely N-dealkylation sites (tertiary alicyclic amines) is 1. The van der Waals surface area contributed by atoms with Gasteiger partial charge in [0.2, 0.25) is 10.0 Å². The molecule has 1 heterocycles. The maximum atomic E-state index is 12.9. The van der Waals surface area contributed by atoms with Crippen molar-refractivity contribution in [3.05, 3.63) is 64.7 Å². The minimum atomic E-state index is -3.70. The zero-order chi connectivity index (χ0) is 22.8. The summed E-state index contributed by atoms with van der Waals surface area (Å²) in [4.78, 5) is 15.3. The molecule has 168 valence electrons. The molecule has 8 heteroatoms. The number of amides is 1. The molecular formula is C23H30ClN3O3S. The third kappa shape index (κ3) is 5.29.